The molecule has 14 nitrogen and oxygen atoms in total. The summed E-state index contributed by atoms with van der Waals surface area (Å²) < 4.78 is 33.6. The van der Waals surface area contributed by atoms with Gasteiger partial charge >= 0.3 is 5.97 Å². The number of benzene rings is 1. The monoisotopic (exact) mass is 885 g/mol. The molecule has 1 saturated heterocycles. The zero-order valence-electron chi connectivity index (χ0n) is 39.0. The van der Waals surface area contributed by atoms with Crippen molar-refractivity contribution in [1.29, 1.82) is 5.26 Å². The lowest BCUT2D eigenvalue weighted by atomic mass is 9.56. The SMILES string of the molecule is COC(=O)C(C)=CCC12OC(C(C)C)C(CCC1=O)C21Oc2c(CC=C(C)C)c3c(c(OC(O)C(O)CC(O)CCO)c2C2=C1C(C)C(C#N)C(N)=N2)C=CC(C)(CCC=C(C)C)O3. The molecule has 6 rings (SSSR count). The van der Waals surface area contributed by atoms with Gasteiger partial charge in [0.2, 0.25) is 6.29 Å². The van der Waals surface area contributed by atoms with E-state index in [9.17, 15) is 30.5 Å². The number of nitrogens with zero attached hydrogens (tertiary/aromatic N) is 2. The first-order valence-corrected chi connectivity index (χ1v) is 22.5. The maximum Gasteiger partial charge on any atom is 0.333 e. The zero-order chi connectivity index (χ0) is 47.1. The van der Waals surface area contributed by atoms with E-state index in [-0.39, 0.29) is 78.2 Å². The molecule has 1 saturated carbocycles. The molecule has 10 atom stereocenters. The minimum absolute atomic E-state index is 0.0247. The number of fused-ring (bicyclic) bond motifs is 3. The van der Waals surface area contributed by atoms with Crippen molar-refractivity contribution in [1.82, 2.24) is 0 Å². The van der Waals surface area contributed by atoms with Crippen LogP contribution < -0.4 is 19.9 Å². The van der Waals surface area contributed by atoms with Crippen LogP contribution in [0, 0.1) is 35.0 Å². The number of carbonyl (C=O) groups excluding carboxylic acids is 2. The van der Waals surface area contributed by atoms with E-state index in [1.807, 2.05) is 73.6 Å². The van der Waals surface area contributed by atoms with Gasteiger partial charge in [0.15, 0.2) is 17.0 Å². The number of aliphatic imine (C=N–C) groups is 1. The van der Waals surface area contributed by atoms with Crippen molar-refractivity contribution in [2.75, 3.05) is 13.7 Å². The highest BCUT2D eigenvalue weighted by atomic mass is 16.6. The Morgan fingerprint density at radius 2 is 1.80 bits per heavy atom. The fraction of sp³-hybridized carbons (Fsp3) is 0.600. The van der Waals surface area contributed by atoms with E-state index in [0.717, 1.165) is 12.0 Å². The highest BCUT2D eigenvalue weighted by molar-refractivity contribution is 6.01. The number of hydrogen-bond donors (Lipinski definition) is 5. The fourth-order valence-corrected chi connectivity index (χ4v) is 10.2. The Balaban J connectivity index is 1.75. The topological polar surface area (TPSA) is 223 Å². The van der Waals surface area contributed by atoms with Gasteiger partial charge in [-0.15, -0.1) is 0 Å². The standard InChI is InChI=1S/C50H67N3O11/c1-26(2)12-11-20-48(9)21-18-33-42(62-48)32(14-13-27(3)4)44-38(43(33)61-47(59)36(56)24-31(55)19-23-54)40-39(30(8)34(25-51)45(52)53-40)50(64-44)35-15-16-37(57)49(50,63-41(35)28(5)6)22-17-29(7)46(58)60-10/h12-13,17-18,21,28,30-31,34-36,41,47,54-56,59H,11,14-16,19-20,22-24H2,1-10H3,(H2,52,53). The second-order valence-electron chi connectivity index (χ2n) is 19.1. The molecular formula is C50H67N3O11. The number of methoxy groups -OCH3 is 1. The Bertz CT molecular complexity index is 2240. The Morgan fingerprint density at radius 3 is 2.42 bits per heavy atom. The van der Waals surface area contributed by atoms with Crippen LogP contribution in [-0.2, 0) is 25.5 Å². The molecule has 2 fully saturated rings. The maximum atomic E-state index is 15.1. The van der Waals surface area contributed by atoms with Gasteiger partial charge in [-0.1, -0.05) is 50.1 Å². The van der Waals surface area contributed by atoms with Crippen molar-refractivity contribution >= 4 is 29.4 Å². The van der Waals surface area contributed by atoms with Crippen LogP contribution in [0.2, 0.25) is 0 Å². The Morgan fingerprint density at radius 1 is 1.09 bits per heavy atom. The van der Waals surface area contributed by atoms with Crippen LogP contribution in [0.5, 0.6) is 17.2 Å². The van der Waals surface area contributed by atoms with Gasteiger partial charge < -0.3 is 49.8 Å². The molecule has 348 valence electrons. The van der Waals surface area contributed by atoms with Gasteiger partial charge in [0, 0.05) is 54.4 Å². The Kier molecular flexibility index (Phi) is 14.4. The van der Waals surface area contributed by atoms with Gasteiger partial charge in [0.25, 0.3) is 0 Å². The second kappa shape index (κ2) is 19.0. The van der Waals surface area contributed by atoms with Crippen molar-refractivity contribution in [2.45, 2.75) is 155 Å². The van der Waals surface area contributed by atoms with Gasteiger partial charge in [-0.05, 0) is 91.7 Å². The molecular weight excluding hydrogens is 819 g/mol. The highest BCUT2D eigenvalue weighted by Crippen LogP contribution is 2.67. The van der Waals surface area contributed by atoms with Crippen molar-refractivity contribution in [3.63, 3.8) is 0 Å². The molecule has 1 spiro atoms. The molecule has 5 aliphatic rings. The van der Waals surface area contributed by atoms with Crippen molar-refractivity contribution < 1.29 is 53.7 Å². The van der Waals surface area contributed by atoms with Gasteiger partial charge in [0.05, 0.1) is 42.2 Å². The predicted octanol–water partition coefficient (Wildman–Crippen LogP) is 6.57. The van der Waals surface area contributed by atoms with Crippen LogP contribution in [0.25, 0.3) is 11.8 Å². The summed E-state index contributed by atoms with van der Waals surface area (Å²) in [7, 11) is 1.29. The van der Waals surface area contributed by atoms with Crippen molar-refractivity contribution in [3.8, 4) is 23.3 Å². The predicted molar refractivity (Wildman–Crippen MR) is 242 cm³/mol. The number of Topliss-reactive ketones (excluding diaryl/α,β-unsaturated/α-hetero) is 1. The minimum Gasteiger partial charge on any atom is -0.482 e. The van der Waals surface area contributed by atoms with Crippen LogP contribution in [0.4, 0.5) is 0 Å². The summed E-state index contributed by atoms with van der Waals surface area (Å²) in [6.45, 7) is 17.2. The number of carbonyl (C=O) groups is 2. The first kappa shape index (κ1) is 48.7. The average Bonchev–Trinajstić information content (AvgIpc) is 3.39. The van der Waals surface area contributed by atoms with Crippen molar-refractivity contribution in [2.24, 2.45) is 34.4 Å². The second-order valence-corrected chi connectivity index (χ2v) is 19.1. The molecule has 1 aliphatic carbocycles. The number of nitrogens with two attached hydrogens (primary N) is 1. The summed E-state index contributed by atoms with van der Waals surface area (Å²) in [4.78, 5) is 33.0. The van der Waals surface area contributed by atoms with Gasteiger partial charge in [-0.3, -0.25) is 4.79 Å². The fourth-order valence-electron chi connectivity index (χ4n) is 10.2. The summed E-state index contributed by atoms with van der Waals surface area (Å²) in [6.07, 6.45) is 6.27. The van der Waals surface area contributed by atoms with Crippen molar-refractivity contribution in [3.05, 3.63) is 63.3 Å². The Hall–Kier alpha value is -4.78. The molecule has 6 N–H and O–H groups in total. The molecule has 4 aliphatic heterocycles. The van der Waals surface area contributed by atoms with E-state index >= 15 is 4.79 Å². The third-order valence-corrected chi connectivity index (χ3v) is 13.5. The molecule has 14 heteroatoms. The normalized spacial score (nSPS) is 29.3. The zero-order valence-corrected chi connectivity index (χ0v) is 39.0. The smallest absolute Gasteiger partial charge is 0.333 e. The number of nitriles is 1. The molecule has 1 aromatic carbocycles. The van der Waals surface area contributed by atoms with E-state index in [1.54, 1.807) is 13.0 Å². The third kappa shape index (κ3) is 8.58. The van der Waals surface area contributed by atoms with E-state index in [2.05, 4.69) is 12.1 Å². The van der Waals surface area contributed by atoms with Crippen LogP contribution in [0.3, 0.4) is 0 Å². The molecule has 10 unspecified atom stereocenters. The molecule has 64 heavy (non-hydrogen) atoms. The molecule has 1 aromatic rings. The molecule has 2 bridgehead atoms. The average molecular weight is 886 g/mol. The van der Waals surface area contributed by atoms with E-state index in [1.165, 1.54) is 12.7 Å². The summed E-state index contributed by atoms with van der Waals surface area (Å²) in [6, 6.07) is 2.35. The van der Waals surface area contributed by atoms with E-state index in [0.29, 0.717) is 41.7 Å². The van der Waals surface area contributed by atoms with Crippen LogP contribution in [0.1, 0.15) is 124 Å². The summed E-state index contributed by atoms with van der Waals surface area (Å²) in [5.41, 5.74) is 7.15. The first-order valence-electron chi connectivity index (χ1n) is 22.5. The minimum atomic E-state index is -1.91. The lowest BCUT2D eigenvalue weighted by Gasteiger charge is -2.55. The quantitative estimate of drug-likeness (QED) is 0.0514. The summed E-state index contributed by atoms with van der Waals surface area (Å²) >= 11 is 0. The number of esters is 1. The number of rotatable bonds is 16. The summed E-state index contributed by atoms with van der Waals surface area (Å²) in [5, 5.41) is 53.6. The maximum absolute atomic E-state index is 15.1. The van der Waals surface area contributed by atoms with Crippen LogP contribution >= 0.6 is 0 Å². The molecule has 0 radical (unpaired) electrons. The lowest BCUT2D eigenvalue weighted by molar-refractivity contribution is -0.163. The number of ketones is 1. The Labute approximate surface area is 377 Å². The summed E-state index contributed by atoms with van der Waals surface area (Å²) in [5.74, 6) is -2.26. The molecule has 4 heterocycles. The van der Waals surface area contributed by atoms with Gasteiger partial charge in [0.1, 0.15) is 40.7 Å². The number of ether oxygens (including phenoxy) is 5. The third-order valence-electron chi connectivity index (χ3n) is 13.5. The van der Waals surface area contributed by atoms with Gasteiger partial charge in [-0.2, -0.15) is 5.26 Å². The number of allylic oxidation sites excluding steroid dienone is 4. The molecule has 0 amide bonds. The van der Waals surface area contributed by atoms with Gasteiger partial charge in [-0.25, -0.2) is 9.79 Å². The number of amidine groups is 1. The number of aliphatic hydroxyl groups excluding tert-OH is 4. The molecule has 0 aromatic heterocycles. The first-order chi connectivity index (χ1) is 30.2. The van der Waals surface area contributed by atoms with E-state index < -0.39 is 65.1 Å². The highest BCUT2D eigenvalue weighted by Gasteiger charge is 2.76. The number of hydrogen-bond acceptors (Lipinski definition) is 14. The van der Waals surface area contributed by atoms with Crippen LogP contribution in [-0.4, -0.2) is 93.1 Å². The lowest BCUT2D eigenvalue weighted by Crippen LogP contribution is -2.68. The largest absolute Gasteiger partial charge is 0.482 e. The van der Waals surface area contributed by atoms with E-state index in [4.69, 9.17) is 34.4 Å². The van der Waals surface area contributed by atoms with Crippen LogP contribution in [0.15, 0.2) is 51.6 Å². The number of aliphatic hydroxyl groups is 4.